The summed E-state index contributed by atoms with van der Waals surface area (Å²) in [5.41, 5.74) is -0.923. The van der Waals surface area contributed by atoms with Gasteiger partial charge in [0.1, 0.15) is 23.7 Å². The van der Waals surface area contributed by atoms with E-state index in [-0.39, 0.29) is 49.8 Å². The van der Waals surface area contributed by atoms with E-state index in [2.05, 4.69) is 4.98 Å². The number of benzene rings is 1. The van der Waals surface area contributed by atoms with Crippen LogP contribution in [-0.2, 0) is 21.7 Å². The van der Waals surface area contributed by atoms with Gasteiger partial charge in [-0.15, -0.1) is 0 Å². The highest BCUT2D eigenvalue weighted by Gasteiger charge is 2.45. The van der Waals surface area contributed by atoms with Crippen molar-refractivity contribution in [1.82, 2.24) is 24.6 Å². The lowest BCUT2D eigenvalue weighted by Gasteiger charge is -2.45. The molecular formula is C34H43F2N5O5. The van der Waals surface area contributed by atoms with Crippen molar-refractivity contribution in [2.45, 2.75) is 96.6 Å². The molecule has 46 heavy (non-hydrogen) atoms. The summed E-state index contributed by atoms with van der Waals surface area (Å²) in [6, 6.07) is 10.2. The second kappa shape index (κ2) is 12.6. The van der Waals surface area contributed by atoms with Gasteiger partial charge in [0.05, 0.1) is 23.4 Å². The van der Waals surface area contributed by atoms with Gasteiger partial charge in [-0.05, 0) is 78.9 Å². The molecule has 0 bridgehead atoms. The van der Waals surface area contributed by atoms with Gasteiger partial charge in [-0.1, -0.05) is 30.3 Å². The second-order valence-electron chi connectivity index (χ2n) is 13.9. The number of hydrogen-bond acceptors (Lipinski definition) is 7. The quantitative estimate of drug-likeness (QED) is 0.317. The number of carbonyl (C=O) groups excluding carboxylic acids is 2. The molecule has 1 N–H and O–H groups in total. The lowest BCUT2D eigenvalue weighted by Crippen LogP contribution is -2.54. The third-order valence-corrected chi connectivity index (χ3v) is 8.84. The predicted octanol–water partition coefficient (Wildman–Crippen LogP) is 6.50. The summed E-state index contributed by atoms with van der Waals surface area (Å²) in [5.74, 6) is -1.64. The Morgan fingerprint density at radius 2 is 1.74 bits per heavy atom. The van der Waals surface area contributed by atoms with Gasteiger partial charge in [-0.2, -0.15) is 9.49 Å². The zero-order valence-electron chi connectivity index (χ0n) is 27.3. The minimum atomic E-state index is -1.49. The molecule has 12 heteroatoms. The fraction of sp³-hybridized carbons (Fsp3) is 0.529. The summed E-state index contributed by atoms with van der Waals surface area (Å²) in [4.78, 5) is 32.7. The maximum atomic E-state index is 15.2. The van der Waals surface area contributed by atoms with E-state index < -0.39 is 40.7 Å². The minimum absolute atomic E-state index is 0.108. The van der Waals surface area contributed by atoms with Gasteiger partial charge in [-0.25, -0.2) is 19.0 Å². The lowest BCUT2D eigenvalue weighted by atomic mass is 9.81. The number of piperidine rings is 2. The molecule has 1 aromatic carbocycles. The van der Waals surface area contributed by atoms with Crippen molar-refractivity contribution in [3.8, 4) is 11.3 Å². The zero-order valence-corrected chi connectivity index (χ0v) is 27.3. The zero-order chi connectivity index (χ0) is 33.4. The summed E-state index contributed by atoms with van der Waals surface area (Å²) >= 11 is 0. The van der Waals surface area contributed by atoms with E-state index >= 15 is 4.39 Å². The first-order chi connectivity index (χ1) is 21.6. The lowest BCUT2D eigenvalue weighted by molar-refractivity contribution is -0.0257. The van der Waals surface area contributed by atoms with Crippen LogP contribution >= 0.6 is 0 Å². The smallest absolute Gasteiger partial charge is 0.410 e. The number of hydrogen-bond donors (Lipinski definition) is 1. The highest BCUT2D eigenvalue weighted by atomic mass is 19.1. The number of aromatic nitrogens is 3. The minimum Gasteiger partial charge on any atom is -0.445 e. The largest absolute Gasteiger partial charge is 0.445 e. The fourth-order valence-electron chi connectivity index (χ4n) is 6.56. The number of aliphatic hydroxyl groups is 1. The molecular weight excluding hydrogens is 596 g/mol. The SMILES string of the molecule is Cc1c(C2(O)CCN(C(=O)OCc3ccccc3)CC2)c(-c2cc(F)cnc2F)nn1C1CCN(C(=O)OC(C)(C)C)C(C)(C)C1. The average Bonchev–Trinajstić information content (AvgIpc) is 3.34. The van der Waals surface area contributed by atoms with Crippen LogP contribution in [0, 0.1) is 18.7 Å². The summed E-state index contributed by atoms with van der Waals surface area (Å²) in [7, 11) is 0. The van der Waals surface area contributed by atoms with Gasteiger partial charge in [0.2, 0.25) is 5.95 Å². The molecule has 2 aromatic heterocycles. The van der Waals surface area contributed by atoms with Crippen LogP contribution in [0.1, 0.15) is 83.2 Å². The molecule has 4 heterocycles. The molecule has 0 aliphatic carbocycles. The Labute approximate surface area is 268 Å². The number of halogens is 2. The summed E-state index contributed by atoms with van der Waals surface area (Å²) in [6.07, 6.45) is 1.24. The molecule has 2 aliphatic rings. The fourth-order valence-corrected chi connectivity index (χ4v) is 6.56. The monoisotopic (exact) mass is 639 g/mol. The number of rotatable bonds is 5. The molecule has 1 unspecified atom stereocenters. The van der Waals surface area contributed by atoms with E-state index in [1.54, 1.807) is 9.58 Å². The molecule has 2 aliphatic heterocycles. The first-order valence-corrected chi connectivity index (χ1v) is 15.7. The van der Waals surface area contributed by atoms with Crippen LogP contribution in [0.2, 0.25) is 0 Å². The van der Waals surface area contributed by atoms with Crippen molar-refractivity contribution in [2.24, 2.45) is 0 Å². The Morgan fingerprint density at radius 1 is 1.07 bits per heavy atom. The predicted molar refractivity (Wildman–Crippen MR) is 167 cm³/mol. The Balaban J connectivity index is 1.42. The first-order valence-electron chi connectivity index (χ1n) is 15.7. The summed E-state index contributed by atoms with van der Waals surface area (Å²) in [5, 5.41) is 16.9. The normalized spacial score (nSPS) is 19.5. The van der Waals surface area contributed by atoms with Gasteiger partial charge in [0.25, 0.3) is 0 Å². The molecule has 248 valence electrons. The van der Waals surface area contributed by atoms with E-state index in [1.807, 2.05) is 71.9 Å². The Bertz CT molecular complexity index is 1580. The molecule has 3 aromatic rings. The van der Waals surface area contributed by atoms with Crippen LogP contribution in [0.15, 0.2) is 42.6 Å². The number of amides is 2. The van der Waals surface area contributed by atoms with Gasteiger partial charge in [0.15, 0.2) is 0 Å². The molecule has 0 spiro atoms. The van der Waals surface area contributed by atoms with Gasteiger partial charge in [-0.3, -0.25) is 4.68 Å². The topological polar surface area (TPSA) is 110 Å². The second-order valence-corrected chi connectivity index (χ2v) is 13.9. The Hall–Kier alpha value is -4.06. The summed E-state index contributed by atoms with van der Waals surface area (Å²) in [6.45, 7) is 12.1. The van der Waals surface area contributed by atoms with Gasteiger partial charge in [0, 0.05) is 36.4 Å². The van der Waals surface area contributed by atoms with E-state index in [4.69, 9.17) is 14.6 Å². The van der Waals surface area contributed by atoms with Crippen LogP contribution in [-0.4, -0.2) is 72.6 Å². The van der Waals surface area contributed by atoms with Crippen molar-refractivity contribution in [3.05, 3.63) is 71.2 Å². The van der Waals surface area contributed by atoms with Crippen LogP contribution in [0.25, 0.3) is 11.3 Å². The Morgan fingerprint density at radius 3 is 2.37 bits per heavy atom. The molecule has 0 saturated carbocycles. The maximum absolute atomic E-state index is 15.2. The molecule has 1 atom stereocenters. The number of carbonyl (C=O) groups is 2. The van der Waals surface area contributed by atoms with Crippen LogP contribution in [0.3, 0.4) is 0 Å². The van der Waals surface area contributed by atoms with Crippen molar-refractivity contribution in [3.63, 3.8) is 0 Å². The van der Waals surface area contributed by atoms with Crippen LogP contribution < -0.4 is 0 Å². The standard InChI is InChI=1S/C34H43F2N5O5/c1-22-27(34(44)13-16-39(17-14-34)30(42)45-21-23-10-8-7-9-11-23)28(26-18-24(35)20-37-29(26)36)38-41(22)25-12-15-40(33(5,6)19-25)31(43)46-32(2,3)4/h7-11,18,20,25,44H,12-17,19,21H2,1-6H3. The average molecular weight is 640 g/mol. The molecule has 2 amide bonds. The van der Waals surface area contributed by atoms with E-state index in [0.29, 0.717) is 30.6 Å². The molecule has 2 saturated heterocycles. The first kappa shape index (κ1) is 33.3. The van der Waals surface area contributed by atoms with Crippen molar-refractivity contribution < 1.29 is 33.0 Å². The van der Waals surface area contributed by atoms with Crippen LogP contribution in [0.5, 0.6) is 0 Å². The molecule has 10 nitrogen and oxygen atoms in total. The van der Waals surface area contributed by atoms with Crippen LogP contribution in [0.4, 0.5) is 18.4 Å². The van der Waals surface area contributed by atoms with Gasteiger partial charge < -0.3 is 24.4 Å². The van der Waals surface area contributed by atoms with Gasteiger partial charge >= 0.3 is 12.2 Å². The van der Waals surface area contributed by atoms with Crippen molar-refractivity contribution >= 4 is 12.2 Å². The molecule has 2 fully saturated rings. The highest BCUT2D eigenvalue weighted by molar-refractivity contribution is 5.70. The third kappa shape index (κ3) is 7.01. The maximum Gasteiger partial charge on any atom is 0.410 e. The van der Waals surface area contributed by atoms with E-state index in [0.717, 1.165) is 17.8 Å². The van der Waals surface area contributed by atoms with Crippen molar-refractivity contribution in [2.75, 3.05) is 19.6 Å². The number of nitrogens with zero attached hydrogens (tertiary/aromatic N) is 5. The number of ether oxygens (including phenoxy) is 2. The summed E-state index contributed by atoms with van der Waals surface area (Å²) < 4.78 is 42.5. The van der Waals surface area contributed by atoms with Crippen molar-refractivity contribution in [1.29, 1.82) is 0 Å². The Kier molecular flexibility index (Phi) is 9.14. The number of likely N-dealkylation sites (tertiary alicyclic amines) is 2. The van der Waals surface area contributed by atoms with E-state index in [9.17, 15) is 19.1 Å². The molecule has 0 radical (unpaired) electrons. The van der Waals surface area contributed by atoms with E-state index in [1.165, 1.54) is 4.90 Å². The molecule has 5 rings (SSSR count). The third-order valence-electron chi connectivity index (χ3n) is 8.84. The highest BCUT2D eigenvalue weighted by Crippen LogP contribution is 2.44. The number of pyridine rings is 1.